The molecule has 0 aliphatic rings. The van der Waals surface area contributed by atoms with Gasteiger partial charge in [-0.2, -0.15) is 0 Å². The van der Waals surface area contributed by atoms with E-state index in [2.05, 4.69) is 25.6 Å². The van der Waals surface area contributed by atoms with Crippen molar-refractivity contribution in [1.82, 2.24) is 4.98 Å². The Bertz CT molecular complexity index is 766. The number of benzene rings is 1. The molecule has 2 aromatic rings. The van der Waals surface area contributed by atoms with Crippen molar-refractivity contribution >= 4 is 37.5 Å². The third kappa shape index (κ3) is 3.51. The number of nitrogens with one attached hydrogen (secondary N) is 1. The van der Waals surface area contributed by atoms with Crippen molar-refractivity contribution in [2.45, 2.75) is 4.90 Å². The summed E-state index contributed by atoms with van der Waals surface area (Å²) in [4.78, 5) is 5.77. The van der Waals surface area contributed by atoms with Crippen LogP contribution in [0.1, 0.15) is 0 Å². The number of sulfonamides is 1. The molecule has 0 amide bonds. The lowest BCUT2D eigenvalue weighted by Crippen LogP contribution is -2.18. The minimum Gasteiger partial charge on any atom is -0.361 e. The summed E-state index contributed by atoms with van der Waals surface area (Å²) in [6.07, 6.45) is 1.57. The third-order valence-electron chi connectivity index (χ3n) is 2.64. The molecule has 2 rings (SSSR count). The van der Waals surface area contributed by atoms with Crippen LogP contribution in [-0.4, -0.2) is 27.5 Å². The molecule has 0 unspecified atom stereocenters. The molecule has 0 spiro atoms. The molecule has 0 radical (unpaired) electrons. The summed E-state index contributed by atoms with van der Waals surface area (Å²) in [5, 5.41) is 0. The highest BCUT2D eigenvalue weighted by Crippen LogP contribution is 2.28. The van der Waals surface area contributed by atoms with Crippen LogP contribution in [0.25, 0.3) is 0 Å². The van der Waals surface area contributed by atoms with E-state index in [4.69, 9.17) is 0 Å². The average molecular weight is 374 g/mol. The van der Waals surface area contributed by atoms with Crippen LogP contribution in [0, 0.1) is 5.82 Å². The Hall–Kier alpha value is -1.67. The van der Waals surface area contributed by atoms with E-state index < -0.39 is 15.8 Å². The van der Waals surface area contributed by atoms with Crippen LogP contribution < -0.4 is 9.62 Å². The molecule has 8 heteroatoms. The molecule has 1 N–H and O–H groups in total. The number of aromatic nitrogens is 1. The number of nitrogens with zero attached hydrogens (tertiary/aromatic N) is 2. The van der Waals surface area contributed by atoms with Gasteiger partial charge in [-0.15, -0.1) is 0 Å². The first-order valence-corrected chi connectivity index (χ1v) is 8.19. The fourth-order valence-electron chi connectivity index (χ4n) is 1.73. The topological polar surface area (TPSA) is 62.3 Å². The molecular weight excluding hydrogens is 361 g/mol. The Morgan fingerprint density at radius 3 is 2.62 bits per heavy atom. The normalized spacial score (nSPS) is 11.2. The van der Waals surface area contributed by atoms with E-state index in [0.29, 0.717) is 11.5 Å². The predicted molar refractivity (Wildman–Crippen MR) is 83.5 cm³/mol. The number of pyridine rings is 1. The molecule has 0 saturated heterocycles. The minimum absolute atomic E-state index is 0.0440. The number of rotatable bonds is 4. The van der Waals surface area contributed by atoms with Crippen LogP contribution in [0.5, 0.6) is 0 Å². The fourth-order valence-corrected chi connectivity index (χ4v) is 3.84. The van der Waals surface area contributed by atoms with Crippen LogP contribution >= 0.6 is 15.9 Å². The highest BCUT2D eigenvalue weighted by Gasteiger charge is 2.20. The number of halogens is 2. The van der Waals surface area contributed by atoms with Gasteiger partial charge in [-0.05, 0) is 46.3 Å². The summed E-state index contributed by atoms with van der Waals surface area (Å²) >= 11 is 3.06. The largest absolute Gasteiger partial charge is 0.361 e. The predicted octanol–water partition coefficient (Wildman–Crippen LogP) is 2.85. The van der Waals surface area contributed by atoms with Gasteiger partial charge in [0.25, 0.3) is 10.0 Å². The van der Waals surface area contributed by atoms with E-state index in [1.54, 1.807) is 37.3 Å². The second kappa shape index (κ2) is 5.98. The zero-order valence-electron chi connectivity index (χ0n) is 11.3. The quantitative estimate of drug-likeness (QED) is 0.894. The van der Waals surface area contributed by atoms with Crippen LogP contribution in [0.3, 0.4) is 0 Å². The molecule has 1 aromatic heterocycles. The maximum absolute atomic E-state index is 13.1. The van der Waals surface area contributed by atoms with Gasteiger partial charge < -0.3 is 4.90 Å². The first-order valence-electron chi connectivity index (χ1n) is 5.91. The van der Waals surface area contributed by atoms with Gasteiger partial charge in [0.15, 0.2) is 5.82 Å². The van der Waals surface area contributed by atoms with Crippen molar-refractivity contribution in [2.75, 3.05) is 23.7 Å². The Kier molecular flexibility index (Phi) is 4.48. The maximum Gasteiger partial charge on any atom is 0.263 e. The molecule has 0 aliphatic carbocycles. The molecule has 1 heterocycles. The van der Waals surface area contributed by atoms with Gasteiger partial charge in [0, 0.05) is 24.8 Å². The molecule has 0 saturated carbocycles. The van der Waals surface area contributed by atoms with Crippen molar-refractivity contribution in [3.63, 3.8) is 0 Å². The van der Waals surface area contributed by atoms with Gasteiger partial charge >= 0.3 is 0 Å². The van der Waals surface area contributed by atoms with Crippen LogP contribution in [0.15, 0.2) is 45.9 Å². The molecule has 0 aliphatic heterocycles. The first-order chi connectivity index (χ1) is 9.81. The zero-order chi connectivity index (χ0) is 15.6. The third-order valence-corrected chi connectivity index (χ3v) is 4.98. The number of anilines is 2. The summed E-state index contributed by atoms with van der Waals surface area (Å²) in [6.45, 7) is 0. The van der Waals surface area contributed by atoms with Gasteiger partial charge in [0.2, 0.25) is 0 Å². The van der Waals surface area contributed by atoms with Crippen LogP contribution in [0.2, 0.25) is 0 Å². The monoisotopic (exact) mass is 373 g/mol. The number of hydrogen-bond acceptors (Lipinski definition) is 4. The van der Waals surface area contributed by atoms with Gasteiger partial charge in [-0.3, -0.25) is 4.72 Å². The second-order valence-electron chi connectivity index (χ2n) is 4.45. The van der Waals surface area contributed by atoms with Gasteiger partial charge in [0.05, 0.1) is 5.69 Å². The lowest BCUT2D eigenvalue weighted by atomic mass is 10.3. The average Bonchev–Trinajstić information content (AvgIpc) is 2.37. The van der Waals surface area contributed by atoms with E-state index in [9.17, 15) is 12.8 Å². The summed E-state index contributed by atoms with van der Waals surface area (Å²) in [6, 6.07) is 6.63. The van der Waals surface area contributed by atoms with Crippen molar-refractivity contribution in [3.05, 3.63) is 46.8 Å². The molecule has 1 aromatic carbocycles. The van der Waals surface area contributed by atoms with Gasteiger partial charge in [0.1, 0.15) is 10.7 Å². The fraction of sp³-hybridized carbons (Fsp3) is 0.154. The Labute approximate surface area is 131 Å². The Morgan fingerprint density at radius 2 is 2.00 bits per heavy atom. The number of hydrogen-bond donors (Lipinski definition) is 1. The first kappa shape index (κ1) is 15.7. The lowest BCUT2D eigenvalue weighted by Gasteiger charge is -2.17. The molecule has 0 atom stereocenters. The SMILES string of the molecule is CN(C)c1ncccc1NS(=O)(=O)c1ccc(F)cc1Br. The van der Waals surface area contributed by atoms with E-state index in [1.165, 1.54) is 6.07 Å². The molecular formula is C13H13BrFN3O2S. The van der Waals surface area contributed by atoms with Crippen LogP contribution in [0.4, 0.5) is 15.9 Å². The van der Waals surface area contributed by atoms with Crippen molar-refractivity contribution in [2.24, 2.45) is 0 Å². The van der Waals surface area contributed by atoms with Crippen LogP contribution in [-0.2, 0) is 10.0 Å². The maximum atomic E-state index is 13.1. The summed E-state index contributed by atoms with van der Waals surface area (Å²) in [5.41, 5.74) is 0.346. The minimum atomic E-state index is -3.85. The molecule has 21 heavy (non-hydrogen) atoms. The highest BCUT2D eigenvalue weighted by atomic mass is 79.9. The Balaban J connectivity index is 2.43. The molecule has 112 valence electrons. The summed E-state index contributed by atoms with van der Waals surface area (Å²) in [5.74, 6) is -0.0320. The second-order valence-corrected chi connectivity index (χ2v) is 6.95. The lowest BCUT2D eigenvalue weighted by molar-refractivity contribution is 0.599. The summed E-state index contributed by atoms with van der Waals surface area (Å²) < 4.78 is 40.5. The summed E-state index contributed by atoms with van der Waals surface area (Å²) in [7, 11) is -0.331. The standard InChI is InChI=1S/C13H13BrFN3O2S/c1-18(2)13-11(4-3-7-16-13)17-21(19,20)12-6-5-9(15)8-10(12)14/h3-8,17H,1-2H3. The Morgan fingerprint density at radius 1 is 1.29 bits per heavy atom. The molecule has 0 fully saturated rings. The van der Waals surface area contributed by atoms with E-state index in [1.807, 2.05) is 0 Å². The van der Waals surface area contributed by atoms with Crippen molar-refractivity contribution < 1.29 is 12.8 Å². The molecule has 0 bridgehead atoms. The highest BCUT2D eigenvalue weighted by molar-refractivity contribution is 9.10. The van der Waals surface area contributed by atoms with E-state index in [-0.39, 0.29) is 9.37 Å². The van der Waals surface area contributed by atoms with E-state index >= 15 is 0 Å². The zero-order valence-corrected chi connectivity index (χ0v) is 13.7. The molecule has 5 nitrogen and oxygen atoms in total. The van der Waals surface area contributed by atoms with Crippen molar-refractivity contribution in [3.8, 4) is 0 Å². The van der Waals surface area contributed by atoms with Crippen molar-refractivity contribution in [1.29, 1.82) is 0 Å². The smallest absolute Gasteiger partial charge is 0.263 e. The van der Waals surface area contributed by atoms with E-state index in [0.717, 1.165) is 12.1 Å². The van der Waals surface area contributed by atoms with Gasteiger partial charge in [-0.1, -0.05) is 0 Å². The van der Waals surface area contributed by atoms with Gasteiger partial charge in [-0.25, -0.2) is 17.8 Å².